The third-order valence-electron chi connectivity index (χ3n) is 12.0. The highest BCUT2D eigenvalue weighted by molar-refractivity contribution is 7.45. The first-order valence-corrected chi connectivity index (χ1v) is 29.7. The number of rotatable bonds is 50. The first kappa shape index (κ1) is 67.2. The SMILES string of the molecule is CC/C=C\C/C=C\C/C=C\C/C=C\C/C=C\C/C=C\C/C=C\C/C=C\CCCCC(=O)NC(COP(=O)([O-])OCC[N+](C)(C)C)C(O)/C=C/CCCCCCCCCCCCCCCCCCCCC. The largest absolute Gasteiger partial charge is 0.756 e. The fraction of sp³-hybridized carbons (Fsp3) is 0.689. The Morgan fingerprint density at radius 3 is 1.27 bits per heavy atom. The van der Waals surface area contributed by atoms with Crippen LogP contribution in [0.2, 0.25) is 0 Å². The molecule has 1 amide bonds. The van der Waals surface area contributed by atoms with Gasteiger partial charge in [0, 0.05) is 6.42 Å². The van der Waals surface area contributed by atoms with Gasteiger partial charge in [-0.2, -0.15) is 0 Å². The molecular weight excluding hydrogens is 888 g/mol. The molecule has 0 saturated carbocycles. The molecule has 3 atom stereocenters. The van der Waals surface area contributed by atoms with Gasteiger partial charge in [0.1, 0.15) is 13.2 Å². The molecule has 0 spiro atoms. The van der Waals surface area contributed by atoms with Crippen LogP contribution in [0.5, 0.6) is 0 Å². The van der Waals surface area contributed by atoms with Gasteiger partial charge < -0.3 is 28.8 Å². The van der Waals surface area contributed by atoms with Crippen molar-refractivity contribution in [2.24, 2.45) is 0 Å². The summed E-state index contributed by atoms with van der Waals surface area (Å²) in [7, 11) is 1.22. The molecule has 0 aliphatic carbocycles. The van der Waals surface area contributed by atoms with Crippen LogP contribution in [0.4, 0.5) is 0 Å². The van der Waals surface area contributed by atoms with E-state index in [1.165, 1.54) is 109 Å². The summed E-state index contributed by atoms with van der Waals surface area (Å²) in [6.07, 6.45) is 74.4. The highest BCUT2D eigenvalue weighted by Gasteiger charge is 2.23. The van der Waals surface area contributed by atoms with Crippen LogP contribution in [0.25, 0.3) is 0 Å². The first-order valence-electron chi connectivity index (χ1n) is 28.2. The molecule has 0 bridgehead atoms. The zero-order valence-electron chi connectivity index (χ0n) is 45.7. The number of carbonyl (C=O) groups excluding carboxylic acids is 1. The molecule has 0 aliphatic rings. The summed E-state index contributed by atoms with van der Waals surface area (Å²) < 4.78 is 23.3. The van der Waals surface area contributed by atoms with E-state index in [9.17, 15) is 19.4 Å². The number of hydrogen-bond donors (Lipinski definition) is 2. The van der Waals surface area contributed by atoms with Crippen molar-refractivity contribution in [1.82, 2.24) is 5.32 Å². The third-order valence-corrected chi connectivity index (χ3v) is 13.0. The number of aliphatic hydroxyl groups is 1. The van der Waals surface area contributed by atoms with Gasteiger partial charge in [-0.05, 0) is 83.5 Å². The van der Waals surface area contributed by atoms with E-state index >= 15 is 0 Å². The van der Waals surface area contributed by atoms with Gasteiger partial charge in [-0.25, -0.2) is 0 Å². The van der Waals surface area contributed by atoms with Gasteiger partial charge in [0.25, 0.3) is 7.82 Å². The monoisotopic (exact) mass is 995 g/mol. The van der Waals surface area contributed by atoms with Crippen molar-refractivity contribution in [3.05, 3.63) is 109 Å². The van der Waals surface area contributed by atoms with Crippen LogP contribution < -0.4 is 10.2 Å². The average Bonchev–Trinajstić information content (AvgIpc) is 3.32. The number of nitrogens with one attached hydrogen (secondary N) is 1. The Bertz CT molecular complexity index is 1500. The molecule has 0 aromatic heterocycles. The number of quaternary nitrogens is 1. The van der Waals surface area contributed by atoms with Gasteiger partial charge in [-0.3, -0.25) is 9.36 Å². The minimum atomic E-state index is -4.62. The van der Waals surface area contributed by atoms with Crippen molar-refractivity contribution < 1.29 is 32.9 Å². The number of allylic oxidation sites excluding steroid dienone is 17. The fourth-order valence-electron chi connectivity index (χ4n) is 7.58. The average molecular weight is 996 g/mol. The number of aliphatic hydroxyl groups excluding tert-OH is 1. The number of likely N-dealkylation sites (N-methyl/N-ethyl adjacent to an activating group) is 1. The van der Waals surface area contributed by atoms with Crippen LogP contribution in [0.1, 0.15) is 219 Å². The zero-order chi connectivity index (χ0) is 51.3. The zero-order valence-corrected chi connectivity index (χ0v) is 46.6. The second-order valence-electron chi connectivity index (χ2n) is 19.9. The second-order valence-corrected chi connectivity index (χ2v) is 21.3. The molecule has 0 rings (SSSR count). The maximum absolute atomic E-state index is 12.9. The molecule has 0 heterocycles. The summed E-state index contributed by atoms with van der Waals surface area (Å²) in [5, 5.41) is 13.9. The normalized spacial score (nSPS) is 14.8. The Kier molecular flexibility index (Phi) is 49.0. The molecule has 70 heavy (non-hydrogen) atoms. The van der Waals surface area contributed by atoms with Gasteiger partial charge in [-0.1, -0.05) is 239 Å². The Morgan fingerprint density at radius 1 is 0.514 bits per heavy atom. The van der Waals surface area contributed by atoms with E-state index in [0.29, 0.717) is 17.4 Å². The highest BCUT2D eigenvalue weighted by Crippen LogP contribution is 2.38. The molecule has 3 unspecified atom stereocenters. The van der Waals surface area contributed by atoms with E-state index in [4.69, 9.17) is 9.05 Å². The summed E-state index contributed by atoms with van der Waals surface area (Å²) in [5.41, 5.74) is 0. The van der Waals surface area contributed by atoms with E-state index in [2.05, 4.69) is 116 Å². The van der Waals surface area contributed by atoms with Gasteiger partial charge in [0.15, 0.2) is 0 Å². The molecule has 0 radical (unpaired) electrons. The summed E-state index contributed by atoms with van der Waals surface area (Å²) in [6.45, 7) is 4.50. The topological polar surface area (TPSA) is 108 Å². The molecule has 9 heteroatoms. The smallest absolute Gasteiger partial charge is 0.268 e. The van der Waals surface area contributed by atoms with Crippen LogP contribution in [-0.4, -0.2) is 68.5 Å². The van der Waals surface area contributed by atoms with Crippen molar-refractivity contribution in [2.75, 3.05) is 40.9 Å². The summed E-state index contributed by atoms with van der Waals surface area (Å²) in [4.78, 5) is 25.5. The molecule has 0 aliphatic heterocycles. The molecule has 0 fully saturated rings. The molecule has 0 aromatic carbocycles. The van der Waals surface area contributed by atoms with Crippen LogP contribution >= 0.6 is 7.82 Å². The van der Waals surface area contributed by atoms with Crippen molar-refractivity contribution in [2.45, 2.75) is 231 Å². The molecule has 402 valence electrons. The lowest BCUT2D eigenvalue weighted by molar-refractivity contribution is -0.870. The number of carbonyl (C=O) groups is 1. The lowest BCUT2D eigenvalue weighted by Gasteiger charge is -2.29. The van der Waals surface area contributed by atoms with Crippen molar-refractivity contribution in [3.8, 4) is 0 Å². The van der Waals surface area contributed by atoms with Crippen LogP contribution in [0, 0.1) is 0 Å². The lowest BCUT2D eigenvalue weighted by atomic mass is 10.0. The van der Waals surface area contributed by atoms with Crippen LogP contribution in [0.3, 0.4) is 0 Å². The number of hydrogen-bond acceptors (Lipinski definition) is 6. The van der Waals surface area contributed by atoms with Crippen LogP contribution in [0.15, 0.2) is 109 Å². The van der Waals surface area contributed by atoms with E-state index in [-0.39, 0.29) is 18.9 Å². The summed E-state index contributed by atoms with van der Waals surface area (Å²) in [6, 6.07) is -0.919. The van der Waals surface area contributed by atoms with E-state index in [1.807, 2.05) is 27.2 Å². The highest BCUT2D eigenvalue weighted by atomic mass is 31.2. The summed E-state index contributed by atoms with van der Waals surface area (Å²) in [5.74, 6) is -0.243. The number of unbranched alkanes of at least 4 members (excludes halogenated alkanes) is 21. The van der Waals surface area contributed by atoms with Gasteiger partial charge in [0.2, 0.25) is 5.91 Å². The fourth-order valence-corrected chi connectivity index (χ4v) is 8.30. The predicted molar refractivity (Wildman–Crippen MR) is 302 cm³/mol. The minimum Gasteiger partial charge on any atom is -0.756 e. The van der Waals surface area contributed by atoms with E-state index in [1.54, 1.807) is 6.08 Å². The number of phosphoric acid groups is 1. The van der Waals surface area contributed by atoms with Crippen LogP contribution in [-0.2, 0) is 18.4 Å². The maximum atomic E-state index is 12.9. The number of amides is 1. The predicted octanol–water partition coefficient (Wildman–Crippen LogP) is 16.6. The molecule has 0 saturated heterocycles. The Labute approximate surface area is 431 Å². The van der Waals surface area contributed by atoms with Crippen molar-refractivity contribution in [3.63, 3.8) is 0 Å². The number of nitrogens with zero attached hydrogens (tertiary/aromatic N) is 1. The van der Waals surface area contributed by atoms with Gasteiger partial charge >= 0.3 is 0 Å². The lowest BCUT2D eigenvalue weighted by Crippen LogP contribution is -2.45. The van der Waals surface area contributed by atoms with E-state index in [0.717, 1.165) is 83.5 Å². The molecule has 2 N–H and O–H groups in total. The first-order chi connectivity index (χ1) is 34.0. The number of phosphoric ester groups is 1. The Morgan fingerprint density at radius 2 is 0.871 bits per heavy atom. The third kappa shape index (κ3) is 53.0. The quantitative estimate of drug-likeness (QED) is 0.0272. The van der Waals surface area contributed by atoms with E-state index < -0.39 is 26.6 Å². The summed E-state index contributed by atoms with van der Waals surface area (Å²) >= 11 is 0. The minimum absolute atomic E-state index is 0.0156. The van der Waals surface area contributed by atoms with Gasteiger partial charge in [-0.15, -0.1) is 0 Å². The second kappa shape index (κ2) is 51.1. The molecule has 8 nitrogen and oxygen atoms in total. The molecule has 0 aromatic rings. The van der Waals surface area contributed by atoms with Gasteiger partial charge in [0.05, 0.1) is 39.9 Å². The maximum Gasteiger partial charge on any atom is 0.268 e. The van der Waals surface area contributed by atoms with Crippen molar-refractivity contribution in [1.29, 1.82) is 0 Å². The standard InChI is InChI=1S/C61H107N2O6P/c1-6-8-10-12-14-16-18-20-22-24-26-28-29-30-31-32-33-35-37-39-41-43-45-47-49-51-53-55-61(65)62-59(58-69-70(66,67)68-57-56-63(3,4)5)60(64)54-52-50-48-46-44-42-40-38-36-34-27-25-23-21-19-17-15-13-11-9-7-2/h8,10,14,16,20,22,26,28,30-31,33,35,39,41,45,47,52,54,59-60,64H,6-7,9,11-13,15,17-19,21,23-25,27,29,32,34,36-38,40,42-44,46,48-51,53,55-58H2,1-5H3,(H-,62,65,66,67)/b10-8-,16-14-,22-20-,28-26-,31-30-,35-33-,41-39-,47-45-,54-52+. The molecular formula is C61H107N2O6P. The van der Waals surface area contributed by atoms with Crippen molar-refractivity contribution >= 4 is 13.7 Å². The Hall–Kier alpha value is -2.84. The Balaban J connectivity index is 4.38.